The van der Waals surface area contributed by atoms with Gasteiger partial charge in [0.1, 0.15) is 35.4 Å². The minimum absolute atomic E-state index is 0.164. The fourth-order valence-corrected chi connectivity index (χ4v) is 6.94. The van der Waals surface area contributed by atoms with Crippen LogP contribution in [-0.4, -0.2) is 62.1 Å². The first-order valence-electron chi connectivity index (χ1n) is 15.7. The predicted octanol–water partition coefficient (Wildman–Crippen LogP) is 5.35. The van der Waals surface area contributed by atoms with Crippen molar-refractivity contribution < 1.29 is 32.9 Å². The number of halogens is 1. The number of aliphatic hydroxyl groups is 1. The van der Waals surface area contributed by atoms with E-state index < -0.39 is 55.5 Å². The molecule has 1 fully saturated rings. The lowest BCUT2D eigenvalue weighted by atomic mass is 9.80. The lowest BCUT2D eigenvalue weighted by molar-refractivity contribution is -0.0958. The summed E-state index contributed by atoms with van der Waals surface area (Å²) < 4.78 is 46.3. The van der Waals surface area contributed by atoms with Gasteiger partial charge >= 0.3 is 5.69 Å². The van der Waals surface area contributed by atoms with E-state index in [2.05, 4.69) is 0 Å². The molecule has 0 bridgehead atoms. The summed E-state index contributed by atoms with van der Waals surface area (Å²) in [4.78, 5) is 26.8. The molecule has 2 heterocycles. The van der Waals surface area contributed by atoms with E-state index in [1.165, 1.54) is 0 Å². The zero-order valence-electron chi connectivity index (χ0n) is 28.2. The monoisotopic (exact) mass is 678 g/mol. The van der Waals surface area contributed by atoms with E-state index in [9.17, 15) is 19.1 Å². The average Bonchev–Trinajstić information content (AvgIpc) is 3.37. The van der Waals surface area contributed by atoms with Crippen molar-refractivity contribution in [2.24, 2.45) is 0 Å². The molecule has 0 amide bonds. The lowest BCUT2D eigenvalue weighted by Crippen LogP contribution is -2.50. The molecule has 1 aliphatic rings. The largest absolute Gasteiger partial charge is 0.497 e. The summed E-state index contributed by atoms with van der Waals surface area (Å²) in [6.07, 6.45) is -3.85. The molecule has 1 aromatic heterocycles. The summed E-state index contributed by atoms with van der Waals surface area (Å²) in [5, 5.41) is 11.6. The zero-order valence-corrected chi connectivity index (χ0v) is 29.2. The average molecular weight is 679 g/mol. The van der Waals surface area contributed by atoms with Crippen molar-refractivity contribution in [1.82, 2.24) is 9.55 Å². The third-order valence-corrected chi connectivity index (χ3v) is 13.9. The van der Waals surface area contributed by atoms with Crippen molar-refractivity contribution in [3.05, 3.63) is 128 Å². The van der Waals surface area contributed by atoms with E-state index in [4.69, 9.17) is 23.4 Å². The summed E-state index contributed by atoms with van der Waals surface area (Å²) in [5.74, 6) is 0.162. The van der Waals surface area contributed by atoms with Gasteiger partial charge in [0.15, 0.2) is 14.5 Å². The van der Waals surface area contributed by atoms with E-state index in [1.54, 1.807) is 14.2 Å². The standard InChI is InChI=1S/C36H43FN2O8Si/c1-35(2,3)48(6,7)47-31-30(40)29(46-33(31)39-21-28(37)32(41)38-34(39)42)22-45-36(23-11-9-8-10-12-23,24-13-17-26(43-4)18-14-24)25-15-19-27(44-5)20-16-25/h8-21,29-31,33,40H,22H2,1-7H3,(H,38,41,42)/t29-,30-,31-,33-/m1/s1. The van der Waals surface area contributed by atoms with Crippen LogP contribution in [-0.2, 0) is 19.5 Å². The third-order valence-electron chi connectivity index (χ3n) is 9.39. The van der Waals surface area contributed by atoms with E-state index in [0.29, 0.717) is 11.5 Å². The van der Waals surface area contributed by atoms with Crippen molar-refractivity contribution in [1.29, 1.82) is 0 Å². The summed E-state index contributed by atoms with van der Waals surface area (Å²) in [6.45, 7) is 9.97. The number of nitrogens with one attached hydrogen (secondary N) is 1. The molecule has 48 heavy (non-hydrogen) atoms. The van der Waals surface area contributed by atoms with Gasteiger partial charge in [-0.2, -0.15) is 4.39 Å². The Kier molecular flexibility index (Phi) is 10.1. The number of nitrogens with zero attached hydrogens (tertiary/aromatic N) is 1. The number of ether oxygens (including phenoxy) is 4. The van der Waals surface area contributed by atoms with Crippen LogP contribution in [0.15, 0.2) is 94.6 Å². The Morgan fingerprint density at radius 2 is 1.40 bits per heavy atom. The molecule has 4 aromatic rings. The van der Waals surface area contributed by atoms with Gasteiger partial charge in [-0.3, -0.25) is 14.3 Å². The zero-order chi connectivity index (χ0) is 34.9. The second-order valence-corrected chi connectivity index (χ2v) is 18.1. The smallest absolute Gasteiger partial charge is 0.330 e. The maximum Gasteiger partial charge on any atom is 0.330 e. The first-order chi connectivity index (χ1) is 22.7. The summed E-state index contributed by atoms with van der Waals surface area (Å²) in [7, 11) is 0.608. The van der Waals surface area contributed by atoms with Gasteiger partial charge in [-0.25, -0.2) is 4.79 Å². The molecular formula is C36H43FN2O8Si. The molecule has 12 heteroatoms. The first-order valence-corrected chi connectivity index (χ1v) is 18.6. The minimum atomic E-state index is -2.58. The van der Waals surface area contributed by atoms with Gasteiger partial charge in [-0.15, -0.1) is 0 Å². The summed E-state index contributed by atoms with van der Waals surface area (Å²) in [6, 6.07) is 24.7. The highest BCUT2D eigenvalue weighted by Gasteiger charge is 2.52. The molecule has 0 aliphatic carbocycles. The summed E-state index contributed by atoms with van der Waals surface area (Å²) >= 11 is 0. The number of methoxy groups -OCH3 is 2. The van der Waals surface area contributed by atoms with Crippen molar-refractivity contribution in [3.8, 4) is 11.5 Å². The Labute approximate surface area is 280 Å². The molecule has 0 unspecified atom stereocenters. The number of rotatable bonds is 11. The molecule has 0 saturated carbocycles. The van der Waals surface area contributed by atoms with Crippen LogP contribution in [0.1, 0.15) is 43.7 Å². The van der Waals surface area contributed by atoms with Crippen LogP contribution < -0.4 is 20.7 Å². The van der Waals surface area contributed by atoms with Crippen molar-refractivity contribution in [3.63, 3.8) is 0 Å². The topological polar surface area (TPSA) is 121 Å². The van der Waals surface area contributed by atoms with Gasteiger partial charge in [0.25, 0.3) is 5.56 Å². The van der Waals surface area contributed by atoms with Crippen LogP contribution in [0.5, 0.6) is 11.5 Å². The highest BCUT2D eigenvalue weighted by Crippen LogP contribution is 2.45. The normalized spacial score (nSPS) is 20.1. The van der Waals surface area contributed by atoms with Crippen LogP contribution in [0.2, 0.25) is 18.1 Å². The number of H-pyrrole nitrogens is 1. The maximum atomic E-state index is 14.5. The Morgan fingerprint density at radius 3 is 1.90 bits per heavy atom. The highest BCUT2D eigenvalue weighted by atomic mass is 28.4. The van der Waals surface area contributed by atoms with E-state index in [0.717, 1.165) is 27.5 Å². The molecule has 5 rings (SSSR count). The molecule has 2 N–H and O–H groups in total. The Morgan fingerprint density at radius 1 is 0.875 bits per heavy atom. The predicted molar refractivity (Wildman–Crippen MR) is 182 cm³/mol. The Bertz CT molecular complexity index is 1760. The van der Waals surface area contributed by atoms with Crippen LogP contribution in [0.3, 0.4) is 0 Å². The second-order valence-electron chi connectivity index (χ2n) is 13.4. The van der Waals surface area contributed by atoms with Gasteiger partial charge in [0.05, 0.1) is 27.0 Å². The Hall–Kier alpha value is -4.07. The van der Waals surface area contributed by atoms with Crippen molar-refractivity contribution in [2.45, 2.75) is 69.0 Å². The molecular weight excluding hydrogens is 635 g/mol. The maximum absolute atomic E-state index is 14.5. The van der Waals surface area contributed by atoms with Gasteiger partial charge in [0.2, 0.25) is 5.82 Å². The van der Waals surface area contributed by atoms with Crippen LogP contribution >= 0.6 is 0 Å². The number of aromatic nitrogens is 2. The summed E-state index contributed by atoms with van der Waals surface area (Å²) in [5.41, 5.74) is -0.898. The van der Waals surface area contributed by atoms with E-state index in [-0.39, 0.29) is 11.6 Å². The number of benzene rings is 3. The molecule has 4 atom stereocenters. The highest BCUT2D eigenvalue weighted by molar-refractivity contribution is 6.74. The van der Waals surface area contributed by atoms with Crippen molar-refractivity contribution >= 4 is 8.32 Å². The van der Waals surface area contributed by atoms with Gasteiger partial charge in [-0.1, -0.05) is 75.4 Å². The molecule has 0 radical (unpaired) electrons. The fourth-order valence-electron chi connectivity index (χ4n) is 5.66. The van der Waals surface area contributed by atoms with Crippen LogP contribution in [0, 0.1) is 5.82 Å². The number of aliphatic hydroxyl groups excluding tert-OH is 1. The Balaban J connectivity index is 1.60. The lowest BCUT2D eigenvalue weighted by Gasteiger charge is -2.40. The molecule has 1 aliphatic heterocycles. The third kappa shape index (κ3) is 6.76. The van der Waals surface area contributed by atoms with Gasteiger partial charge in [0, 0.05) is 0 Å². The van der Waals surface area contributed by atoms with E-state index >= 15 is 0 Å². The second kappa shape index (κ2) is 13.8. The van der Waals surface area contributed by atoms with E-state index in [1.807, 2.05) is 118 Å². The number of aromatic amines is 1. The van der Waals surface area contributed by atoms with Crippen molar-refractivity contribution in [2.75, 3.05) is 20.8 Å². The van der Waals surface area contributed by atoms with Gasteiger partial charge < -0.3 is 28.5 Å². The first kappa shape index (κ1) is 35.2. The fraction of sp³-hybridized carbons (Fsp3) is 0.389. The molecule has 256 valence electrons. The molecule has 10 nitrogen and oxygen atoms in total. The minimum Gasteiger partial charge on any atom is -0.497 e. The SMILES string of the molecule is COc1ccc(C(OC[C@H]2O[C@@H](n3cc(F)c(=O)[nH]c3=O)[C@H](O[Si](C)(C)C(C)(C)C)[C@@H]2O)(c2ccccc2)c2ccc(OC)cc2)cc1. The number of hydrogen-bond acceptors (Lipinski definition) is 8. The molecule has 0 spiro atoms. The number of hydrogen-bond donors (Lipinski definition) is 2. The molecule has 3 aromatic carbocycles. The van der Waals surface area contributed by atoms with Crippen LogP contribution in [0.25, 0.3) is 0 Å². The molecule has 1 saturated heterocycles. The van der Waals surface area contributed by atoms with Crippen LogP contribution in [0.4, 0.5) is 4.39 Å². The quantitative estimate of drug-likeness (QED) is 0.161. The van der Waals surface area contributed by atoms with Gasteiger partial charge in [-0.05, 0) is 59.1 Å².